The van der Waals surface area contributed by atoms with Gasteiger partial charge >= 0.3 is 0 Å². The molecular formula is C21H34N4. The molecule has 3 aliphatic rings. The summed E-state index contributed by atoms with van der Waals surface area (Å²) in [5.41, 5.74) is 5.08. The molecule has 2 fully saturated rings. The van der Waals surface area contributed by atoms with E-state index in [4.69, 9.17) is 0 Å². The van der Waals surface area contributed by atoms with Crippen LogP contribution in [0.15, 0.2) is 18.2 Å². The lowest BCUT2D eigenvalue weighted by molar-refractivity contribution is 0.148. The molecule has 0 unspecified atom stereocenters. The molecule has 0 atom stereocenters. The molecule has 0 bridgehead atoms. The Morgan fingerprint density at radius 1 is 1.08 bits per heavy atom. The standard InChI is InChI=1S/C21H34N4/c1-3-10-25-17-21(6-8-22-9-7-21)19-15-18(4-5-20(19)25)16-24-13-11-23(2)12-14-24/h4-5,15,22H,3,6-14,16-17H2,1-2H3. The van der Waals surface area contributed by atoms with Crippen molar-refractivity contribution in [3.8, 4) is 0 Å². The molecule has 3 heterocycles. The molecule has 4 heteroatoms. The number of fused-ring (bicyclic) bond motifs is 2. The van der Waals surface area contributed by atoms with Gasteiger partial charge < -0.3 is 15.1 Å². The van der Waals surface area contributed by atoms with E-state index in [-0.39, 0.29) is 0 Å². The number of benzene rings is 1. The predicted octanol–water partition coefficient (Wildman–Crippen LogP) is 2.29. The minimum atomic E-state index is 0.397. The van der Waals surface area contributed by atoms with Gasteiger partial charge in [0.1, 0.15) is 0 Å². The maximum Gasteiger partial charge on any atom is 0.0405 e. The third-order valence-electron chi connectivity index (χ3n) is 6.52. The molecule has 0 aliphatic carbocycles. The Morgan fingerprint density at radius 2 is 1.84 bits per heavy atom. The third-order valence-corrected chi connectivity index (χ3v) is 6.52. The highest BCUT2D eigenvalue weighted by molar-refractivity contribution is 5.64. The fourth-order valence-electron chi connectivity index (χ4n) is 4.98. The van der Waals surface area contributed by atoms with E-state index in [9.17, 15) is 0 Å². The van der Waals surface area contributed by atoms with Gasteiger partial charge in [0.2, 0.25) is 0 Å². The van der Waals surface area contributed by atoms with E-state index in [0.717, 1.165) is 6.54 Å². The second kappa shape index (κ2) is 7.26. The number of hydrogen-bond acceptors (Lipinski definition) is 4. The molecule has 0 aromatic heterocycles. The van der Waals surface area contributed by atoms with Crippen LogP contribution in [-0.4, -0.2) is 69.2 Å². The van der Waals surface area contributed by atoms with Crippen LogP contribution in [0, 0.1) is 0 Å². The van der Waals surface area contributed by atoms with Gasteiger partial charge in [0.05, 0.1) is 0 Å². The summed E-state index contributed by atoms with van der Waals surface area (Å²) in [5, 5.41) is 3.57. The fraction of sp³-hybridized carbons (Fsp3) is 0.714. The molecular weight excluding hydrogens is 308 g/mol. The highest BCUT2D eigenvalue weighted by Crippen LogP contribution is 2.46. The second-order valence-electron chi connectivity index (χ2n) is 8.38. The molecule has 1 aromatic rings. The maximum absolute atomic E-state index is 3.57. The Labute approximate surface area is 153 Å². The second-order valence-corrected chi connectivity index (χ2v) is 8.38. The van der Waals surface area contributed by atoms with Crippen molar-refractivity contribution in [1.82, 2.24) is 15.1 Å². The predicted molar refractivity (Wildman–Crippen MR) is 106 cm³/mol. The first-order chi connectivity index (χ1) is 12.2. The number of likely N-dealkylation sites (N-methyl/N-ethyl adjacent to an activating group) is 1. The zero-order chi connectivity index (χ0) is 17.3. The molecule has 3 aliphatic heterocycles. The first-order valence-electron chi connectivity index (χ1n) is 10.2. The van der Waals surface area contributed by atoms with E-state index in [2.05, 4.69) is 52.2 Å². The molecule has 0 amide bonds. The summed E-state index contributed by atoms with van der Waals surface area (Å²) in [6, 6.07) is 7.38. The van der Waals surface area contributed by atoms with E-state index < -0.39 is 0 Å². The van der Waals surface area contributed by atoms with Crippen LogP contribution >= 0.6 is 0 Å². The number of nitrogens with one attached hydrogen (secondary N) is 1. The van der Waals surface area contributed by atoms with Gasteiger partial charge in [-0.25, -0.2) is 0 Å². The molecule has 4 nitrogen and oxygen atoms in total. The highest BCUT2D eigenvalue weighted by Gasteiger charge is 2.43. The number of anilines is 1. The van der Waals surface area contributed by atoms with E-state index in [1.54, 1.807) is 5.56 Å². The molecule has 138 valence electrons. The number of hydrogen-bond donors (Lipinski definition) is 1. The minimum absolute atomic E-state index is 0.397. The van der Waals surface area contributed by atoms with Crippen molar-refractivity contribution in [3.63, 3.8) is 0 Å². The lowest BCUT2D eigenvalue weighted by Crippen LogP contribution is -2.44. The molecule has 0 radical (unpaired) electrons. The van der Waals surface area contributed by atoms with Crippen molar-refractivity contribution < 1.29 is 0 Å². The Hall–Kier alpha value is -1.10. The number of piperidine rings is 1. The van der Waals surface area contributed by atoms with Crippen molar-refractivity contribution in [1.29, 1.82) is 0 Å². The number of rotatable bonds is 4. The van der Waals surface area contributed by atoms with Gasteiger partial charge in [-0.3, -0.25) is 4.90 Å². The number of piperazine rings is 1. The highest BCUT2D eigenvalue weighted by atomic mass is 15.2. The molecule has 2 saturated heterocycles. The van der Waals surface area contributed by atoms with E-state index in [1.807, 2.05) is 0 Å². The molecule has 4 rings (SSSR count). The first-order valence-corrected chi connectivity index (χ1v) is 10.2. The van der Waals surface area contributed by atoms with Gasteiger partial charge in [0.25, 0.3) is 0 Å². The zero-order valence-electron chi connectivity index (χ0n) is 16.1. The first kappa shape index (κ1) is 17.3. The molecule has 1 aromatic carbocycles. The van der Waals surface area contributed by atoms with E-state index in [0.29, 0.717) is 5.41 Å². The molecule has 1 N–H and O–H groups in total. The maximum atomic E-state index is 3.57. The van der Waals surface area contributed by atoms with Crippen LogP contribution in [0.1, 0.15) is 37.3 Å². The SMILES string of the molecule is CCCN1CC2(CCNCC2)c2cc(CN3CCN(C)CC3)ccc21. The number of nitrogens with zero attached hydrogens (tertiary/aromatic N) is 3. The van der Waals surface area contributed by atoms with Crippen molar-refractivity contribution in [2.45, 2.75) is 38.1 Å². The van der Waals surface area contributed by atoms with E-state index >= 15 is 0 Å². The quantitative estimate of drug-likeness (QED) is 0.906. The van der Waals surface area contributed by atoms with Crippen LogP contribution in [0.5, 0.6) is 0 Å². The van der Waals surface area contributed by atoms with Crippen LogP contribution in [0.25, 0.3) is 0 Å². The zero-order valence-corrected chi connectivity index (χ0v) is 16.1. The largest absolute Gasteiger partial charge is 0.370 e. The van der Waals surface area contributed by atoms with E-state index in [1.165, 1.54) is 82.9 Å². The molecule has 0 saturated carbocycles. The summed E-state index contributed by atoms with van der Waals surface area (Å²) in [7, 11) is 2.23. The summed E-state index contributed by atoms with van der Waals surface area (Å²) in [4.78, 5) is 7.71. The average Bonchev–Trinajstić information content (AvgIpc) is 2.91. The average molecular weight is 343 g/mol. The summed E-state index contributed by atoms with van der Waals surface area (Å²) in [6.45, 7) is 13.0. The lowest BCUT2D eigenvalue weighted by atomic mass is 9.74. The normalized spacial score (nSPS) is 24.0. The van der Waals surface area contributed by atoms with Crippen LogP contribution < -0.4 is 10.2 Å². The molecule has 25 heavy (non-hydrogen) atoms. The van der Waals surface area contributed by atoms with Crippen LogP contribution in [0.3, 0.4) is 0 Å². The summed E-state index contributed by atoms with van der Waals surface area (Å²) >= 11 is 0. The van der Waals surface area contributed by atoms with Gasteiger partial charge in [-0.05, 0) is 56.6 Å². The summed E-state index contributed by atoms with van der Waals surface area (Å²) in [6.07, 6.45) is 3.81. The Balaban J connectivity index is 1.57. The van der Waals surface area contributed by atoms with Crippen molar-refractivity contribution in [2.75, 3.05) is 64.3 Å². The lowest BCUT2D eigenvalue weighted by Gasteiger charge is -2.35. The van der Waals surface area contributed by atoms with Crippen LogP contribution in [0.2, 0.25) is 0 Å². The summed E-state index contributed by atoms with van der Waals surface area (Å²) < 4.78 is 0. The van der Waals surface area contributed by atoms with Crippen molar-refractivity contribution >= 4 is 5.69 Å². The van der Waals surface area contributed by atoms with Gasteiger partial charge in [-0.15, -0.1) is 0 Å². The van der Waals surface area contributed by atoms with Crippen molar-refractivity contribution in [2.24, 2.45) is 0 Å². The Bertz CT molecular complexity index is 586. The van der Waals surface area contributed by atoms with Gasteiger partial charge in [-0.1, -0.05) is 19.1 Å². The fourth-order valence-corrected chi connectivity index (χ4v) is 4.98. The minimum Gasteiger partial charge on any atom is -0.370 e. The summed E-state index contributed by atoms with van der Waals surface area (Å²) in [5.74, 6) is 0. The third kappa shape index (κ3) is 3.44. The van der Waals surface area contributed by atoms with Gasteiger partial charge in [0, 0.05) is 56.9 Å². The Kier molecular flexibility index (Phi) is 5.03. The Morgan fingerprint density at radius 3 is 2.56 bits per heavy atom. The smallest absolute Gasteiger partial charge is 0.0405 e. The monoisotopic (exact) mass is 342 g/mol. The topological polar surface area (TPSA) is 21.8 Å². The molecule has 1 spiro atoms. The van der Waals surface area contributed by atoms with Crippen LogP contribution in [-0.2, 0) is 12.0 Å². The van der Waals surface area contributed by atoms with Crippen LogP contribution in [0.4, 0.5) is 5.69 Å². The van der Waals surface area contributed by atoms with Crippen molar-refractivity contribution in [3.05, 3.63) is 29.3 Å². The van der Waals surface area contributed by atoms with Gasteiger partial charge in [0.15, 0.2) is 0 Å². The van der Waals surface area contributed by atoms with Gasteiger partial charge in [-0.2, -0.15) is 0 Å².